The molecule has 29 heavy (non-hydrogen) atoms. The van der Waals surface area contributed by atoms with Gasteiger partial charge in [0.25, 0.3) is 0 Å². The lowest BCUT2D eigenvalue weighted by Gasteiger charge is -2.23. The van der Waals surface area contributed by atoms with E-state index in [-0.39, 0.29) is 5.91 Å². The Labute approximate surface area is 174 Å². The minimum absolute atomic E-state index is 0.0000401. The Balaban J connectivity index is 1.66. The second-order valence-electron chi connectivity index (χ2n) is 8.32. The van der Waals surface area contributed by atoms with Crippen LogP contribution in [-0.2, 0) is 11.3 Å². The van der Waals surface area contributed by atoms with E-state index in [0.717, 1.165) is 22.7 Å². The number of nitrogens with zero attached hydrogens (tertiary/aromatic N) is 1. The summed E-state index contributed by atoms with van der Waals surface area (Å²) in [5.74, 6) is 2.25. The highest BCUT2D eigenvalue weighted by Crippen LogP contribution is 2.33. The first-order chi connectivity index (χ1) is 13.8. The van der Waals surface area contributed by atoms with E-state index in [1.165, 1.54) is 11.1 Å². The van der Waals surface area contributed by atoms with E-state index >= 15 is 0 Å². The van der Waals surface area contributed by atoms with Gasteiger partial charge < -0.3 is 14.8 Å². The van der Waals surface area contributed by atoms with E-state index < -0.39 is 0 Å². The van der Waals surface area contributed by atoms with Gasteiger partial charge in [0.05, 0.1) is 6.54 Å². The van der Waals surface area contributed by atoms with Gasteiger partial charge in [0.1, 0.15) is 13.2 Å². The molecule has 1 amide bonds. The molecular weight excluding hydrogens is 364 g/mol. The summed E-state index contributed by atoms with van der Waals surface area (Å²) in [7, 11) is 1.95. The molecule has 2 aromatic carbocycles. The zero-order valence-electron chi connectivity index (χ0n) is 18.1. The van der Waals surface area contributed by atoms with Crippen LogP contribution in [0.4, 0.5) is 5.69 Å². The average Bonchev–Trinajstić information content (AvgIpc) is 2.67. The average molecular weight is 397 g/mol. The summed E-state index contributed by atoms with van der Waals surface area (Å²) in [6.45, 7) is 10.8. The Bertz CT molecular complexity index is 835. The third kappa shape index (κ3) is 5.30. The molecule has 0 saturated carbocycles. The van der Waals surface area contributed by atoms with Crippen LogP contribution in [0.15, 0.2) is 36.4 Å². The fraction of sp³-hybridized carbons (Fsp3) is 0.458. The molecule has 0 spiro atoms. The third-order valence-electron chi connectivity index (χ3n) is 5.11. The monoisotopic (exact) mass is 396 g/mol. The summed E-state index contributed by atoms with van der Waals surface area (Å²) in [5, 5.41) is 3.18. The second-order valence-corrected chi connectivity index (χ2v) is 8.32. The molecule has 156 valence electrons. The number of likely N-dealkylation sites (N-methyl/N-ethyl adjacent to an activating group) is 1. The van der Waals surface area contributed by atoms with E-state index in [1.54, 1.807) is 0 Å². The predicted octanol–water partition coefficient (Wildman–Crippen LogP) is 4.78. The third-order valence-corrected chi connectivity index (χ3v) is 5.11. The maximum absolute atomic E-state index is 12.8. The van der Waals surface area contributed by atoms with Crippen molar-refractivity contribution in [2.75, 3.05) is 32.1 Å². The summed E-state index contributed by atoms with van der Waals surface area (Å²) in [5.41, 5.74) is 4.42. The number of fused-ring (bicyclic) bond motifs is 1. The molecule has 0 radical (unpaired) electrons. The molecule has 1 aliphatic heterocycles. The molecule has 0 aliphatic carbocycles. The highest BCUT2D eigenvalue weighted by molar-refractivity contribution is 5.94. The molecule has 0 atom stereocenters. The number of benzene rings is 2. The van der Waals surface area contributed by atoms with Crippen LogP contribution in [0.25, 0.3) is 0 Å². The SMILES string of the molecule is CC(C)c1cccc(C(C)C)c1NC(=O)CN(C)Cc1ccc2c(c1)OCCO2. The number of hydrogen-bond acceptors (Lipinski definition) is 4. The fourth-order valence-electron chi connectivity index (χ4n) is 3.67. The fourth-order valence-corrected chi connectivity index (χ4v) is 3.67. The summed E-state index contributed by atoms with van der Waals surface area (Å²) < 4.78 is 11.2. The van der Waals surface area contributed by atoms with E-state index in [9.17, 15) is 4.79 Å². The zero-order valence-corrected chi connectivity index (χ0v) is 18.1. The topological polar surface area (TPSA) is 50.8 Å². The maximum Gasteiger partial charge on any atom is 0.238 e. The van der Waals surface area contributed by atoms with Crippen LogP contribution < -0.4 is 14.8 Å². The molecule has 0 saturated heterocycles. The second kappa shape index (κ2) is 9.31. The van der Waals surface area contributed by atoms with E-state index in [2.05, 4.69) is 51.2 Å². The first-order valence-electron chi connectivity index (χ1n) is 10.3. The molecule has 0 aromatic heterocycles. The van der Waals surface area contributed by atoms with Gasteiger partial charge in [-0.3, -0.25) is 9.69 Å². The van der Waals surface area contributed by atoms with Gasteiger partial charge in [0, 0.05) is 12.2 Å². The highest BCUT2D eigenvalue weighted by atomic mass is 16.6. The Hall–Kier alpha value is -2.53. The van der Waals surface area contributed by atoms with Crippen molar-refractivity contribution in [1.82, 2.24) is 4.90 Å². The lowest BCUT2D eigenvalue weighted by Crippen LogP contribution is -2.30. The van der Waals surface area contributed by atoms with Crippen LogP contribution in [0.3, 0.4) is 0 Å². The number of amides is 1. The Morgan fingerprint density at radius 2 is 1.62 bits per heavy atom. The van der Waals surface area contributed by atoms with E-state index in [4.69, 9.17) is 9.47 Å². The number of hydrogen-bond donors (Lipinski definition) is 1. The quantitative estimate of drug-likeness (QED) is 0.732. The number of ether oxygens (including phenoxy) is 2. The van der Waals surface area contributed by atoms with Crippen molar-refractivity contribution < 1.29 is 14.3 Å². The van der Waals surface area contributed by atoms with Crippen LogP contribution in [0.2, 0.25) is 0 Å². The Morgan fingerprint density at radius 1 is 1.00 bits per heavy atom. The van der Waals surface area contributed by atoms with Gasteiger partial charge in [-0.2, -0.15) is 0 Å². The van der Waals surface area contributed by atoms with Crippen molar-refractivity contribution in [2.45, 2.75) is 46.1 Å². The van der Waals surface area contributed by atoms with Crippen molar-refractivity contribution in [2.24, 2.45) is 0 Å². The summed E-state index contributed by atoms with van der Waals surface area (Å²) in [6.07, 6.45) is 0. The molecule has 0 unspecified atom stereocenters. The normalized spacial score (nSPS) is 13.2. The lowest BCUT2D eigenvalue weighted by molar-refractivity contribution is -0.117. The molecule has 2 aromatic rings. The Morgan fingerprint density at radius 3 is 2.24 bits per heavy atom. The zero-order chi connectivity index (χ0) is 21.0. The van der Waals surface area contributed by atoms with Gasteiger partial charge in [-0.15, -0.1) is 0 Å². The predicted molar refractivity (Wildman–Crippen MR) is 117 cm³/mol. The standard InChI is InChI=1S/C24H32N2O3/c1-16(2)19-7-6-8-20(17(3)4)24(19)25-23(27)15-26(5)14-18-9-10-21-22(13-18)29-12-11-28-21/h6-10,13,16-17H,11-12,14-15H2,1-5H3,(H,25,27). The summed E-state index contributed by atoms with van der Waals surface area (Å²) in [4.78, 5) is 14.8. The molecule has 1 heterocycles. The number of para-hydroxylation sites is 1. The molecule has 0 bridgehead atoms. The van der Waals surface area contributed by atoms with Gasteiger partial charge in [0.15, 0.2) is 11.5 Å². The molecular formula is C24H32N2O3. The molecule has 1 N–H and O–H groups in total. The molecule has 5 heteroatoms. The number of carbonyl (C=O) groups is 1. The van der Waals surface area contributed by atoms with Gasteiger partial charge >= 0.3 is 0 Å². The first-order valence-corrected chi connectivity index (χ1v) is 10.3. The van der Waals surface area contributed by atoms with E-state index in [0.29, 0.717) is 38.1 Å². The minimum Gasteiger partial charge on any atom is -0.486 e. The number of nitrogens with one attached hydrogen (secondary N) is 1. The van der Waals surface area contributed by atoms with Crippen LogP contribution in [0.1, 0.15) is 56.2 Å². The molecule has 1 aliphatic rings. The van der Waals surface area contributed by atoms with Crippen molar-refractivity contribution >= 4 is 11.6 Å². The van der Waals surface area contributed by atoms with Crippen molar-refractivity contribution in [1.29, 1.82) is 0 Å². The molecule has 3 rings (SSSR count). The molecule has 0 fully saturated rings. The van der Waals surface area contributed by atoms with Crippen LogP contribution in [0.5, 0.6) is 11.5 Å². The van der Waals surface area contributed by atoms with Crippen LogP contribution >= 0.6 is 0 Å². The van der Waals surface area contributed by atoms with Crippen LogP contribution in [-0.4, -0.2) is 37.6 Å². The van der Waals surface area contributed by atoms with Crippen molar-refractivity contribution in [3.05, 3.63) is 53.1 Å². The largest absolute Gasteiger partial charge is 0.486 e. The first kappa shape index (κ1) is 21.2. The van der Waals surface area contributed by atoms with Gasteiger partial charge in [-0.1, -0.05) is 52.0 Å². The smallest absolute Gasteiger partial charge is 0.238 e. The van der Waals surface area contributed by atoms with E-state index in [1.807, 2.05) is 30.1 Å². The highest BCUT2D eigenvalue weighted by Gasteiger charge is 2.17. The number of anilines is 1. The van der Waals surface area contributed by atoms with Crippen LogP contribution in [0, 0.1) is 0 Å². The molecule has 5 nitrogen and oxygen atoms in total. The maximum atomic E-state index is 12.8. The number of rotatable bonds is 7. The van der Waals surface area contributed by atoms with Crippen molar-refractivity contribution in [3.8, 4) is 11.5 Å². The number of carbonyl (C=O) groups excluding carboxylic acids is 1. The summed E-state index contributed by atoms with van der Waals surface area (Å²) >= 11 is 0. The summed E-state index contributed by atoms with van der Waals surface area (Å²) in [6, 6.07) is 12.2. The van der Waals surface area contributed by atoms with Gasteiger partial charge in [-0.05, 0) is 47.7 Å². The minimum atomic E-state index is 0.0000401. The van der Waals surface area contributed by atoms with Gasteiger partial charge in [-0.25, -0.2) is 0 Å². The van der Waals surface area contributed by atoms with Gasteiger partial charge in [0.2, 0.25) is 5.91 Å². The lowest BCUT2D eigenvalue weighted by atomic mass is 9.92. The Kier molecular flexibility index (Phi) is 6.80. The van der Waals surface area contributed by atoms with Crippen molar-refractivity contribution in [3.63, 3.8) is 0 Å².